The van der Waals surface area contributed by atoms with Gasteiger partial charge in [-0.15, -0.1) is 68.6 Å². The molecule has 4 heteroatoms. The van der Waals surface area contributed by atoms with Gasteiger partial charge in [0.1, 0.15) is 0 Å². The second-order valence-electron chi connectivity index (χ2n) is 14.5. The fourth-order valence-corrected chi connectivity index (χ4v) is 7.08. The maximum absolute atomic E-state index is 2.40. The molecule has 0 atom stereocenters. The molecule has 8 aromatic carbocycles. The van der Waals surface area contributed by atoms with Crippen molar-refractivity contribution in [3.63, 3.8) is 0 Å². The fourth-order valence-electron chi connectivity index (χ4n) is 7.08. The number of halogens is 2. The zero-order valence-electron chi connectivity index (χ0n) is 31.4. The van der Waals surface area contributed by atoms with Crippen LogP contribution in [-0.2, 0) is 29.8 Å². The van der Waals surface area contributed by atoms with Crippen LogP contribution in [0.15, 0.2) is 140 Å². The predicted molar refractivity (Wildman–Crippen MR) is 220 cm³/mol. The summed E-state index contributed by atoms with van der Waals surface area (Å²) in [7, 11) is 0. The third-order valence-corrected chi connectivity index (χ3v) is 9.41. The third-order valence-electron chi connectivity index (χ3n) is 9.41. The Morgan fingerprint density at radius 2 is 1.04 bits per heavy atom. The van der Waals surface area contributed by atoms with Gasteiger partial charge in [-0.05, 0) is 50.9 Å². The van der Waals surface area contributed by atoms with E-state index in [0.29, 0.717) is 11.8 Å². The van der Waals surface area contributed by atoms with Crippen molar-refractivity contribution in [1.29, 1.82) is 0 Å². The van der Waals surface area contributed by atoms with Crippen LogP contribution in [0.5, 0.6) is 0 Å². The molecule has 0 fully saturated rings. The molecule has 0 amide bonds. The van der Waals surface area contributed by atoms with Gasteiger partial charge in [0.25, 0.3) is 0 Å². The van der Waals surface area contributed by atoms with Crippen LogP contribution in [0.2, 0.25) is 13.1 Å². The van der Waals surface area contributed by atoms with Crippen molar-refractivity contribution < 1.29 is 48.1 Å². The molecular weight excluding hydrogens is 767 g/mol. The van der Waals surface area contributed by atoms with E-state index in [-0.39, 0.29) is 30.2 Å². The summed E-state index contributed by atoms with van der Waals surface area (Å²) >= 11 is 1.74. The van der Waals surface area contributed by atoms with Crippen LogP contribution in [0.25, 0.3) is 65.3 Å². The Kier molecular flexibility index (Phi) is 14.9. The first-order chi connectivity index (χ1) is 24.1. The molecule has 264 valence electrons. The van der Waals surface area contributed by atoms with Crippen molar-refractivity contribution in [2.45, 2.75) is 60.1 Å². The van der Waals surface area contributed by atoms with Crippen molar-refractivity contribution >= 4 is 48.5 Å². The molecular formula is C48H48Cl2SiZr-2. The van der Waals surface area contributed by atoms with Gasteiger partial charge in [0.05, 0.1) is 0 Å². The van der Waals surface area contributed by atoms with Crippen LogP contribution >= 0.6 is 0 Å². The van der Waals surface area contributed by atoms with Crippen LogP contribution < -0.4 is 24.8 Å². The van der Waals surface area contributed by atoms with E-state index in [1.807, 2.05) is 0 Å². The number of benzene rings is 6. The zero-order chi connectivity index (χ0) is 35.4. The average Bonchev–Trinajstić information content (AvgIpc) is 3.73. The molecule has 0 saturated carbocycles. The predicted octanol–water partition coefficient (Wildman–Crippen LogP) is 8.18. The SMILES string of the molecule is CC(C)c1cc2c(-c3cccc4ccccc34)cccc2[cH-]1.C[Si](C)=[Zr+2].Cc1ccc(-c2cccc3ccccc23)c2cc(CC(C)C)[cH-]c12.[Cl-].[Cl-]. The Labute approximate surface area is 338 Å². The van der Waals surface area contributed by atoms with E-state index in [1.165, 1.54) is 82.0 Å². The van der Waals surface area contributed by atoms with Crippen molar-refractivity contribution in [2.24, 2.45) is 5.92 Å². The van der Waals surface area contributed by atoms with Gasteiger partial charge in [-0.1, -0.05) is 143 Å². The Bertz CT molecular complexity index is 2410. The minimum Gasteiger partial charge on any atom is -1.00 e. The Morgan fingerprint density at radius 1 is 0.558 bits per heavy atom. The normalized spacial score (nSPS) is 10.8. The summed E-state index contributed by atoms with van der Waals surface area (Å²) in [6, 6.07) is 51.1. The number of rotatable bonds is 5. The molecule has 8 aromatic rings. The summed E-state index contributed by atoms with van der Waals surface area (Å²) < 4.78 is 0. The van der Waals surface area contributed by atoms with E-state index in [2.05, 4.69) is 187 Å². The summed E-state index contributed by atoms with van der Waals surface area (Å²) in [6.45, 7) is 15.9. The first-order valence-corrected chi connectivity index (χ1v) is 24.2. The molecule has 0 aromatic heterocycles. The number of fused-ring (bicyclic) bond motifs is 4. The van der Waals surface area contributed by atoms with E-state index in [9.17, 15) is 0 Å². The largest absolute Gasteiger partial charge is 1.00 e. The average molecular weight is 815 g/mol. The van der Waals surface area contributed by atoms with Crippen LogP contribution in [0, 0.1) is 12.8 Å². The van der Waals surface area contributed by atoms with Crippen molar-refractivity contribution in [1.82, 2.24) is 0 Å². The molecule has 52 heavy (non-hydrogen) atoms. The number of aryl methyl sites for hydroxylation is 1. The quantitative estimate of drug-likeness (QED) is 0.122. The molecule has 0 spiro atoms. The minimum atomic E-state index is 0. The van der Waals surface area contributed by atoms with Gasteiger partial charge < -0.3 is 24.8 Å². The Balaban J connectivity index is 0.000000205. The van der Waals surface area contributed by atoms with Crippen molar-refractivity contribution in [3.05, 3.63) is 156 Å². The van der Waals surface area contributed by atoms with Crippen molar-refractivity contribution in [3.8, 4) is 22.3 Å². The zero-order valence-corrected chi connectivity index (χ0v) is 36.4. The third kappa shape index (κ3) is 9.45. The second kappa shape index (κ2) is 18.7. The first-order valence-electron chi connectivity index (χ1n) is 18.0. The molecule has 0 bridgehead atoms. The molecule has 0 unspecified atom stereocenters. The second-order valence-corrected chi connectivity index (χ2v) is 23.9. The molecule has 0 aliphatic carbocycles. The maximum Gasteiger partial charge on any atom is -0.0114 e. The van der Waals surface area contributed by atoms with Gasteiger partial charge in [0.15, 0.2) is 0 Å². The van der Waals surface area contributed by atoms with Gasteiger partial charge in [-0.25, -0.2) is 0 Å². The van der Waals surface area contributed by atoms with E-state index in [0.717, 1.165) is 6.42 Å². The monoisotopic (exact) mass is 812 g/mol. The van der Waals surface area contributed by atoms with Crippen LogP contribution in [-0.4, -0.2) is 5.43 Å². The van der Waals surface area contributed by atoms with Crippen LogP contribution in [0.1, 0.15) is 50.3 Å². The topological polar surface area (TPSA) is 0 Å². The Morgan fingerprint density at radius 3 is 1.58 bits per heavy atom. The molecule has 0 aliphatic heterocycles. The molecule has 0 saturated heterocycles. The standard InChI is InChI=1S/C24H23.C22H19.C2H6Si.2ClH.Zr/c1-16(2)13-18-14-23-17(3)11-12-22(24(23)15-18)21-10-6-8-19-7-4-5-9-20(19)21;1-15(2)18-13-17-9-6-12-21(22(17)14-18)20-11-5-8-16-7-3-4-10-19(16)20;1-3-2;;;/h4-12,14-16H,13H2,1-3H3;3-15H,1-2H3;1-2H3;2*1H;/q2*-1;;;;+2/p-2. The summed E-state index contributed by atoms with van der Waals surface area (Å²) in [5, 5.41) is 10.8. The van der Waals surface area contributed by atoms with Gasteiger partial charge in [0, 0.05) is 0 Å². The van der Waals surface area contributed by atoms with E-state index >= 15 is 0 Å². The first kappa shape index (κ1) is 41.5. The van der Waals surface area contributed by atoms with Crippen molar-refractivity contribution in [2.75, 3.05) is 0 Å². The Hall–Kier alpha value is -3.26. The van der Waals surface area contributed by atoms with E-state index < -0.39 is 0 Å². The summed E-state index contributed by atoms with van der Waals surface area (Å²) in [6.07, 6.45) is 1.14. The van der Waals surface area contributed by atoms with Gasteiger partial charge in [-0.3, -0.25) is 0 Å². The minimum absolute atomic E-state index is 0. The van der Waals surface area contributed by atoms with E-state index in [4.69, 9.17) is 0 Å². The molecule has 0 aliphatic rings. The molecule has 0 nitrogen and oxygen atoms in total. The van der Waals surface area contributed by atoms with Crippen LogP contribution in [0.4, 0.5) is 0 Å². The number of hydrogen-bond donors (Lipinski definition) is 0. The molecule has 0 heterocycles. The summed E-state index contributed by atoms with van der Waals surface area (Å²) in [4.78, 5) is 0. The number of hydrogen-bond acceptors (Lipinski definition) is 0. The van der Waals surface area contributed by atoms with Gasteiger partial charge >= 0.3 is 41.9 Å². The van der Waals surface area contributed by atoms with Crippen LogP contribution in [0.3, 0.4) is 0 Å². The molecule has 0 N–H and O–H groups in total. The van der Waals surface area contributed by atoms with Gasteiger partial charge in [-0.2, -0.15) is 12.1 Å². The molecule has 0 radical (unpaired) electrons. The maximum atomic E-state index is 2.40. The smallest absolute Gasteiger partial charge is 0.0114 e. The van der Waals surface area contributed by atoms with E-state index in [1.54, 1.807) is 23.3 Å². The summed E-state index contributed by atoms with van der Waals surface area (Å²) in [5.41, 5.74) is 9.79. The van der Waals surface area contributed by atoms with Gasteiger partial charge in [0.2, 0.25) is 0 Å². The molecule has 8 rings (SSSR count). The fraction of sp³-hybridized carbons (Fsp3) is 0.208. The summed E-state index contributed by atoms with van der Waals surface area (Å²) in [5.74, 6) is 1.25.